The molecule has 1 heterocycles. The summed E-state index contributed by atoms with van der Waals surface area (Å²) in [5.74, 6) is 2.14. The number of hydrogen-bond acceptors (Lipinski definition) is 6. The lowest BCUT2D eigenvalue weighted by Gasteiger charge is -2.42. The normalized spacial score (nSPS) is 31.5. The second-order valence-electron chi connectivity index (χ2n) is 7.59. The van der Waals surface area contributed by atoms with Gasteiger partial charge >= 0.3 is 0 Å². The van der Waals surface area contributed by atoms with E-state index in [1.165, 1.54) is 25.7 Å². The van der Waals surface area contributed by atoms with Crippen LogP contribution >= 0.6 is 0 Å². The van der Waals surface area contributed by atoms with Crippen molar-refractivity contribution < 1.29 is 14.4 Å². The zero-order chi connectivity index (χ0) is 16.9. The highest BCUT2D eigenvalue weighted by atomic mass is 16.5. The fourth-order valence-electron chi connectivity index (χ4n) is 4.22. The van der Waals surface area contributed by atoms with Crippen LogP contribution in [0.15, 0.2) is 4.52 Å². The van der Waals surface area contributed by atoms with Gasteiger partial charge in [0.1, 0.15) is 6.61 Å². The zero-order valence-electron chi connectivity index (χ0n) is 15.0. The second kappa shape index (κ2) is 8.41. The molecule has 1 aromatic heterocycles. The van der Waals surface area contributed by atoms with Crippen molar-refractivity contribution in [3.05, 3.63) is 11.7 Å². The van der Waals surface area contributed by atoms with E-state index in [1.54, 1.807) is 7.11 Å². The van der Waals surface area contributed by atoms with Crippen LogP contribution < -0.4 is 0 Å². The molecular weight excluding hydrogens is 306 g/mol. The van der Waals surface area contributed by atoms with Gasteiger partial charge in [-0.1, -0.05) is 12.1 Å². The molecular formula is C18H31N3O3. The first-order valence-electron chi connectivity index (χ1n) is 9.40. The summed E-state index contributed by atoms with van der Waals surface area (Å²) in [6, 6.07) is 1.11. The first-order chi connectivity index (χ1) is 11.7. The Kier molecular flexibility index (Phi) is 6.25. The van der Waals surface area contributed by atoms with Crippen LogP contribution in [0.25, 0.3) is 0 Å². The van der Waals surface area contributed by atoms with Crippen LogP contribution in [0.1, 0.15) is 70.0 Å². The third-order valence-corrected chi connectivity index (χ3v) is 5.69. The van der Waals surface area contributed by atoms with E-state index in [1.807, 2.05) is 0 Å². The minimum absolute atomic E-state index is 0.119. The van der Waals surface area contributed by atoms with Crippen molar-refractivity contribution in [1.82, 2.24) is 15.0 Å². The summed E-state index contributed by atoms with van der Waals surface area (Å²) in [7, 11) is 1.64. The Bertz CT molecular complexity index is 469. The number of rotatable bonds is 6. The summed E-state index contributed by atoms with van der Waals surface area (Å²) in [4.78, 5) is 7.05. The fourth-order valence-corrected chi connectivity index (χ4v) is 4.22. The van der Waals surface area contributed by atoms with Crippen LogP contribution in [-0.2, 0) is 17.9 Å². The smallest absolute Gasteiger partial charge is 0.240 e. The molecule has 0 unspecified atom stereocenters. The van der Waals surface area contributed by atoms with Crippen LogP contribution in [0.5, 0.6) is 0 Å². The minimum atomic E-state index is -0.119. The van der Waals surface area contributed by atoms with Gasteiger partial charge in [-0.05, 0) is 57.3 Å². The molecule has 0 radical (unpaired) electrons. The summed E-state index contributed by atoms with van der Waals surface area (Å²) in [5.41, 5.74) is 0. The molecule has 0 atom stereocenters. The highest BCUT2D eigenvalue weighted by Gasteiger charge is 2.32. The third-order valence-electron chi connectivity index (χ3n) is 5.69. The maximum atomic E-state index is 9.83. The van der Waals surface area contributed by atoms with Crippen LogP contribution in [0.3, 0.4) is 0 Å². The van der Waals surface area contributed by atoms with Crippen molar-refractivity contribution in [2.75, 3.05) is 7.11 Å². The summed E-state index contributed by atoms with van der Waals surface area (Å²) in [6.07, 6.45) is 8.92. The number of aromatic nitrogens is 2. The molecule has 6 heteroatoms. The van der Waals surface area contributed by atoms with E-state index < -0.39 is 0 Å². The topological polar surface area (TPSA) is 71.6 Å². The summed E-state index contributed by atoms with van der Waals surface area (Å²) < 4.78 is 10.5. The third kappa shape index (κ3) is 4.55. The lowest BCUT2D eigenvalue weighted by Crippen LogP contribution is -2.46. The van der Waals surface area contributed by atoms with Crippen molar-refractivity contribution in [1.29, 1.82) is 0 Å². The molecule has 2 fully saturated rings. The number of methoxy groups -OCH3 is 1. The molecule has 3 rings (SSSR count). The summed E-state index contributed by atoms with van der Waals surface area (Å²) in [5, 5.41) is 13.8. The van der Waals surface area contributed by atoms with Gasteiger partial charge in [0, 0.05) is 19.2 Å². The van der Waals surface area contributed by atoms with Gasteiger partial charge in [0.15, 0.2) is 5.82 Å². The molecule has 0 spiro atoms. The average molecular weight is 337 g/mol. The number of ether oxygens (including phenoxy) is 1. The van der Waals surface area contributed by atoms with E-state index in [0.29, 0.717) is 30.4 Å². The van der Waals surface area contributed by atoms with Gasteiger partial charge in [0.25, 0.3) is 0 Å². The van der Waals surface area contributed by atoms with Gasteiger partial charge in [0.2, 0.25) is 5.89 Å². The summed E-state index contributed by atoms with van der Waals surface area (Å²) >= 11 is 0. The Balaban J connectivity index is 1.68. The van der Waals surface area contributed by atoms with Crippen molar-refractivity contribution in [2.45, 2.75) is 89.6 Å². The Morgan fingerprint density at radius 3 is 2.33 bits per heavy atom. The maximum absolute atomic E-state index is 9.83. The molecule has 0 aromatic carbocycles. The molecule has 136 valence electrons. The van der Waals surface area contributed by atoms with Crippen molar-refractivity contribution in [2.24, 2.45) is 5.92 Å². The van der Waals surface area contributed by atoms with Crippen LogP contribution in [-0.4, -0.2) is 45.4 Å². The number of nitrogens with zero attached hydrogens (tertiary/aromatic N) is 3. The van der Waals surface area contributed by atoms with Crippen molar-refractivity contribution in [3.8, 4) is 0 Å². The molecule has 2 saturated carbocycles. The number of aliphatic hydroxyl groups excluding tert-OH is 1. The highest BCUT2D eigenvalue weighted by Crippen LogP contribution is 2.33. The van der Waals surface area contributed by atoms with Gasteiger partial charge < -0.3 is 14.4 Å². The molecule has 0 saturated heterocycles. The fraction of sp³-hybridized carbons (Fsp3) is 0.889. The molecule has 0 aliphatic heterocycles. The Morgan fingerprint density at radius 1 is 1.08 bits per heavy atom. The largest absolute Gasteiger partial charge is 0.393 e. The monoisotopic (exact) mass is 337 g/mol. The molecule has 2 aliphatic carbocycles. The van der Waals surface area contributed by atoms with Crippen LogP contribution in [0, 0.1) is 5.92 Å². The first kappa shape index (κ1) is 17.8. The lowest BCUT2D eigenvalue weighted by molar-refractivity contribution is 0.0253. The van der Waals surface area contributed by atoms with E-state index in [9.17, 15) is 5.11 Å². The zero-order valence-corrected chi connectivity index (χ0v) is 15.0. The average Bonchev–Trinajstić information content (AvgIpc) is 3.02. The van der Waals surface area contributed by atoms with Crippen LogP contribution in [0.4, 0.5) is 0 Å². The molecule has 24 heavy (non-hydrogen) atoms. The van der Waals surface area contributed by atoms with E-state index >= 15 is 0 Å². The highest BCUT2D eigenvalue weighted by molar-refractivity contribution is 4.91. The number of hydrogen-bond donors (Lipinski definition) is 1. The molecule has 6 nitrogen and oxygen atoms in total. The van der Waals surface area contributed by atoms with Gasteiger partial charge in [-0.3, -0.25) is 4.90 Å². The SMILES string of the molecule is COCc1noc(CN(C2CCC(C)CC2)C2CCC(O)CC2)n1. The van der Waals surface area contributed by atoms with E-state index in [0.717, 1.165) is 38.1 Å². The molecule has 1 N–H and O–H groups in total. The van der Waals surface area contributed by atoms with Crippen molar-refractivity contribution in [3.63, 3.8) is 0 Å². The minimum Gasteiger partial charge on any atom is -0.393 e. The Hall–Kier alpha value is -0.980. The summed E-state index contributed by atoms with van der Waals surface area (Å²) in [6.45, 7) is 3.46. The van der Waals surface area contributed by atoms with Crippen molar-refractivity contribution >= 4 is 0 Å². The molecule has 0 amide bonds. The standard InChI is InChI=1S/C18H31N3O3/c1-13-3-5-14(6-4-13)21(15-7-9-16(22)10-8-15)11-18-19-17(12-23-2)20-24-18/h13-16,22H,3-12H2,1-2H3. The quantitative estimate of drug-likeness (QED) is 0.860. The van der Waals surface area contributed by atoms with E-state index in [4.69, 9.17) is 9.26 Å². The lowest BCUT2D eigenvalue weighted by atomic mass is 9.84. The Morgan fingerprint density at radius 2 is 1.71 bits per heavy atom. The van der Waals surface area contributed by atoms with Gasteiger partial charge in [-0.25, -0.2) is 0 Å². The van der Waals surface area contributed by atoms with Gasteiger partial charge in [-0.2, -0.15) is 4.98 Å². The van der Waals surface area contributed by atoms with E-state index in [2.05, 4.69) is 22.0 Å². The van der Waals surface area contributed by atoms with Crippen LogP contribution in [0.2, 0.25) is 0 Å². The predicted molar refractivity (Wildman–Crippen MR) is 90.2 cm³/mol. The second-order valence-corrected chi connectivity index (χ2v) is 7.59. The van der Waals surface area contributed by atoms with Gasteiger partial charge in [0.05, 0.1) is 12.6 Å². The predicted octanol–water partition coefficient (Wildman–Crippen LogP) is 2.90. The maximum Gasteiger partial charge on any atom is 0.240 e. The molecule has 2 aliphatic rings. The number of aliphatic hydroxyl groups is 1. The van der Waals surface area contributed by atoms with Gasteiger partial charge in [-0.15, -0.1) is 0 Å². The van der Waals surface area contributed by atoms with E-state index in [-0.39, 0.29) is 6.10 Å². The first-order valence-corrected chi connectivity index (χ1v) is 9.40. The molecule has 0 bridgehead atoms. The molecule has 1 aromatic rings. The Labute approximate surface area is 144 Å².